The molecule has 5 rings (SSSR count). The van der Waals surface area contributed by atoms with Crippen molar-refractivity contribution in [3.05, 3.63) is 77.1 Å². The molecule has 0 fully saturated rings. The van der Waals surface area contributed by atoms with Gasteiger partial charge in [0.2, 0.25) is 6.79 Å². The molecule has 33 heavy (non-hydrogen) atoms. The van der Waals surface area contributed by atoms with Crippen LogP contribution >= 0.6 is 11.3 Å². The lowest BCUT2D eigenvalue weighted by atomic mass is 10.0. The van der Waals surface area contributed by atoms with Gasteiger partial charge < -0.3 is 18.8 Å². The number of amides is 1. The lowest BCUT2D eigenvalue weighted by Crippen LogP contribution is -2.19. The van der Waals surface area contributed by atoms with E-state index in [4.69, 9.17) is 14.2 Å². The molecule has 0 unspecified atom stereocenters. The Hall–Kier alpha value is -3.91. The quantitative estimate of drug-likeness (QED) is 0.413. The highest BCUT2D eigenvalue weighted by atomic mass is 32.1. The molecule has 0 saturated heterocycles. The Kier molecular flexibility index (Phi) is 5.66. The first-order valence-electron chi connectivity index (χ1n) is 10.4. The maximum absolute atomic E-state index is 13.0. The monoisotopic (exact) mass is 460 g/mol. The fourth-order valence-corrected chi connectivity index (χ4v) is 4.72. The highest BCUT2D eigenvalue weighted by Gasteiger charge is 2.18. The zero-order valence-corrected chi connectivity index (χ0v) is 18.6. The van der Waals surface area contributed by atoms with Gasteiger partial charge in [-0.2, -0.15) is 4.99 Å². The van der Waals surface area contributed by atoms with Crippen molar-refractivity contribution < 1.29 is 23.8 Å². The van der Waals surface area contributed by atoms with Crippen LogP contribution in [0.3, 0.4) is 0 Å². The van der Waals surface area contributed by atoms with E-state index in [0.29, 0.717) is 28.4 Å². The summed E-state index contributed by atoms with van der Waals surface area (Å²) in [6.45, 7) is 0.495. The molecular weight excluding hydrogens is 440 g/mol. The number of esters is 1. The normalized spacial score (nSPS) is 12.8. The van der Waals surface area contributed by atoms with Gasteiger partial charge in [-0.15, -0.1) is 0 Å². The molecule has 4 aromatic rings. The zero-order valence-electron chi connectivity index (χ0n) is 17.8. The van der Waals surface area contributed by atoms with Gasteiger partial charge >= 0.3 is 5.97 Å². The van der Waals surface area contributed by atoms with Crippen molar-refractivity contribution in [3.8, 4) is 22.6 Å². The molecule has 0 bridgehead atoms. The number of carbonyl (C=O) groups excluding carboxylic acids is 2. The van der Waals surface area contributed by atoms with Gasteiger partial charge in [0.25, 0.3) is 5.91 Å². The molecule has 0 saturated carbocycles. The Labute approximate surface area is 193 Å². The van der Waals surface area contributed by atoms with Gasteiger partial charge in [0.1, 0.15) is 0 Å². The van der Waals surface area contributed by atoms with Gasteiger partial charge in [0.05, 0.1) is 23.7 Å². The highest BCUT2D eigenvalue weighted by molar-refractivity contribution is 7.16. The van der Waals surface area contributed by atoms with Crippen LogP contribution in [0.5, 0.6) is 11.5 Å². The van der Waals surface area contributed by atoms with Crippen LogP contribution in [0.25, 0.3) is 21.3 Å². The number of hydrogen-bond acceptors (Lipinski definition) is 6. The maximum atomic E-state index is 13.0. The van der Waals surface area contributed by atoms with Crippen molar-refractivity contribution >= 4 is 33.4 Å². The minimum Gasteiger partial charge on any atom is -0.469 e. The number of hydrogen-bond donors (Lipinski definition) is 0. The lowest BCUT2D eigenvalue weighted by molar-refractivity contribution is -0.140. The van der Waals surface area contributed by atoms with Crippen LogP contribution in [0.15, 0.2) is 71.7 Å². The molecular formula is C25H20N2O5S. The topological polar surface area (TPSA) is 79.1 Å². The Morgan fingerprint density at radius 2 is 1.70 bits per heavy atom. The van der Waals surface area contributed by atoms with E-state index in [9.17, 15) is 9.59 Å². The maximum Gasteiger partial charge on any atom is 0.307 e. The van der Waals surface area contributed by atoms with Crippen LogP contribution in [-0.4, -0.2) is 30.3 Å². The summed E-state index contributed by atoms with van der Waals surface area (Å²) in [5.41, 5.74) is 3.41. The minimum absolute atomic E-state index is 0.157. The van der Waals surface area contributed by atoms with Crippen LogP contribution in [0.4, 0.5) is 0 Å². The first-order chi connectivity index (χ1) is 16.1. The second-order valence-electron chi connectivity index (χ2n) is 7.40. The number of methoxy groups -OCH3 is 1. The van der Waals surface area contributed by atoms with Gasteiger partial charge in [-0.3, -0.25) is 9.59 Å². The largest absolute Gasteiger partial charge is 0.469 e. The summed E-state index contributed by atoms with van der Waals surface area (Å²) < 4.78 is 18.5. The number of nitrogens with zero attached hydrogens (tertiary/aromatic N) is 2. The van der Waals surface area contributed by atoms with Crippen molar-refractivity contribution in [2.24, 2.45) is 4.99 Å². The second-order valence-corrected chi connectivity index (χ2v) is 8.41. The van der Waals surface area contributed by atoms with E-state index in [1.807, 2.05) is 59.2 Å². The minimum atomic E-state index is -0.354. The van der Waals surface area contributed by atoms with Crippen molar-refractivity contribution in [3.63, 3.8) is 0 Å². The molecule has 0 atom stereocenters. The molecule has 1 aromatic heterocycles. The Balaban J connectivity index is 1.51. The average molecular weight is 461 g/mol. The average Bonchev–Trinajstić information content (AvgIpc) is 3.44. The molecule has 7 nitrogen and oxygen atoms in total. The Morgan fingerprint density at radius 3 is 2.42 bits per heavy atom. The summed E-state index contributed by atoms with van der Waals surface area (Å²) in [7, 11) is 1.35. The van der Waals surface area contributed by atoms with Gasteiger partial charge in [0, 0.05) is 24.2 Å². The van der Waals surface area contributed by atoms with E-state index in [2.05, 4.69) is 4.99 Å². The number of ether oxygens (including phenoxy) is 3. The van der Waals surface area contributed by atoms with E-state index in [1.165, 1.54) is 18.4 Å². The van der Waals surface area contributed by atoms with Crippen LogP contribution in [0.2, 0.25) is 0 Å². The molecule has 1 aliphatic rings. The molecule has 0 N–H and O–H groups in total. The Morgan fingerprint density at radius 1 is 1.00 bits per heavy atom. The van der Waals surface area contributed by atoms with Crippen molar-refractivity contribution in [2.45, 2.75) is 13.0 Å². The predicted molar refractivity (Wildman–Crippen MR) is 124 cm³/mol. The van der Waals surface area contributed by atoms with Gasteiger partial charge in [0.15, 0.2) is 16.3 Å². The molecule has 1 aliphatic heterocycles. The number of fused-ring (bicyclic) bond motifs is 2. The van der Waals surface area contributed by atoms with E-state index >= 15 is 0 Å². The molecule has 2 heterocycles. The summed E-state index contributed by atoms with van der Waals surface area (Å²) >= 11 is 1.36. The first-order valence-corrected chi connectivity index (χ1v) is 11.2. The van der Waals surface area contributed by atoms with Crippen LogP contribution in [0, 0.1) is 0 Å². The zero-order chi connectivity index (χ0) is 22.8. The number of thiazole rings is 1. The molecule has 166 valence electrons. The standard InChI is InChI=1S/C25H20N2O5S/c1-30-23(28)11-12-27-19-13-20-21(32-15-31-20)14-22(19)33-25(27)26-24(29)18-9-7-17(8-10-18)16-5-3-2-4-6-16/h2-10,13-14H,11-12,15H2,1H3. The number of aryl methyl sites for hydroxylation is 1. The van der Waals surface area contributed by atoms with Crippen LogP contribution in [-0.2, 0) is 16.1 Å². The third-order valence-corrected chi connectivity index (χ3v) is 6.42. The summed E-state index contributed by atoms with van der Waals surface area (Å²) in [5, 5.41) is 0. The lowest BCUT2D eigenvalue weighted by Gasteiger charge is -2.05. The first kappa shape index (κ1) is 21.0. The molecule has 0 spiro atoms. The fraction of sp³-hybridized carbons (Fsp3) is 0.160. The SMILES string of the molecule is COC(=O)CCn1c(=NC(=O)c2ccc(-c3ccccc3)cc2)sc2cc3c(cc21)OCO3. The third-order valence-electron chi connectivity index (χ3n) is 5.38. The smallest absolute Gasteiger partial charge is 0.307 e. The van der Waals surface area contributed by atoms with E-state index in [0.717, 1.165) is 21.3 Å². The van der Waals surface area contributed by atoms with E-state index in [1.54, 1.807) is 12.1 Å². The van der Waals surface area contributed by atoms with E-state index < -0.39 is 0 Å². The molecule has 3 aromatic carbocycles. The van der Waals surface area contributed by atoms with Gasteiger partial charge in [-0.1, -0.05) is 53.8 Å². The van der Waals surface area contributed by atoms with Crippen LogP contribution in [0.1, 0.15) is 16.8 Å². The van der Waals surface area contributed by atoms with Crippen molar-refractivity contribution in [1.82, 2.24) is 4.57 Å². The number of carbonyl (C=O) groups is 2. The van der Waals surface area contributed by atoms with E-state index in [-0.39, 0.29) is 25.1 Å². The molecule has 0 radical (unpaired) electrons. The van der Waals surface area contributed by atoms with Crippen LogP contribution < -0.4 is 14.3 Å². The fourth-order valence-electron chi connectivity index (χ4n) is 3.65. The van der Waals surface area contributed by atoms with Gasteiger partial charge in [-0.05, 0) is 23.3 Å². The molecule has 1 amide bonds. The van der Waals surface area contributed by atoms with Gasteiger partial charge in [-0.25, -0.2) is 0 Å². The summed E-state index contributed by atoms with van der Waals surface area (Å²) in [5.74, 6) is 0.587. The summed E-state index contributed by atoms with van der Waals surface area (Å²) in [4.78, 5) is 29.6. The second kappa shape index (κ2) is 8.91. The Bertz CT molecular complexity index is 1400. The number of rotatable bonds is 5. The number of benzene rings is 3. The predicted octanol–water partition coefficient (Wildman–Crippen LogP) is 4.40. The highest BCUT2D eigenvalue weighted by Crippen LogP contribution is 2.37. The van der Waals surface area contributed by atoms with Crippen molar-refractivity contribution in [1.29, 1.82) is 0 Å². The summed E-state index contributed by atoms with van der Waals surface area (Å²) in [6, 6.07) is 21.1. The molecule has 8 heteroatoms. The van der Waals surface area contributed by atoms with Crippen molar-refractivity contribution in [2.75, 3.05) is 13.9 Å². The third kappa shape index (κ3) is 4.25. The molecule has 0 aliphatic carbocycles. The number of aromatic nitrogens is 1. The summed E-state index contributed by atoms with van der Waals surface area (Å²) in [6.07, 6.45) is 0.157.